The first-order chi connectivity index (χ1) is 8.76. The highest BCUT2D eigenvalue weighted by Crippen LogP contribution is 2.15. The SMILES string of the molecule is CCCC(=O)C(CC)Cn1nnc2ccccc21. The third-order valence-electron chi connectivity index (χ3n) is 3.26. The van der Waals surface area contributed by atoms with Gasteiger partial charge in [0, 0.05) is 12.3 Å². The summed E-state index contributed by atoms with van der Waals surface area (Å²) in [7, 11) is 0. The standard InChI is InChI=1S/C14H19N3O/c1-3-7-14(18)11(4-2)10-17-13-9-6-5-8-12(13)15-16-17/h5-6,8-9,11H,3-4,7,10H2,1-2H3. The van der Waals surface area contributed by atoms with Crippen molar-refractivity contribution in [2.24, 2.45) is 5.92 Å². The number of carbonyl (C=O) groups is 1. The van der Waals surface area contributed by atoms with Gasteiger partial charge in [-0.15, -0.1) is 5.10 Å². The quantitative estimate of drug-likeness (QED) is 0.786. The Hall–Kier alpha value is -1.71. The van der Waals surface area contributed by atoms with E-state index in [1.807, 2.05) is 35.9 Å². The molecular weight excluding hydrogens is 226 g/mol. The van der Waals surface area contributed by atoms with E-state index in [0.29, 0.717) is 18.7 Å². The molecule has 2 rings (SSSR count). The lowest BCUT2D eigenvalue weighted by molar-refractivity contribution is -0.123. The second kappa shape index (κ2) is 5.76. The molecule has 0 saturated carbocycles. The maximum atomic E-state index is 12.0. The smallest absolute Gasteiger partial charge is 0.137 e. The van der Waals surface area contributed by atoms with Crippen LogP contribution in [0.2, 0.25) is 0 Å². The van der Waals surface area contributed by atoms with E-state index in [-0.39, 0.29) is 5.92 Å². The summed E-state index contributed by atoms with van der Waals surface area (Å²) in [6, 6.07) is 7.85. The van der Waals surface area contributed by atoms with Gasteiger partial charge in [0.05, 0.1) is 12.1 Å². The minimum Gasteiger partial charge on any atom is -0.299 e. The number of benzene rings is 1. The first kappa shape index (κ1) is 12.7. The van der Waals surface area contributed by atoms with Crippen LogP contribution >= 0.6 is 0 Å². The molecule has 1 heterocycles. The van der Waals surface area contributed by atoms with Crippen LogP contribution in [0.15, 0.2) is 24.3 Å². The van der Waals surface area contributed by atoms with E-state index in [0.717, 1.165) is 23.9 Å². The van der Waals surface area contributed by atoms with Gasteiger partial charge in [-0.05, 0) is 25.0 Å². The third-order valence-corrected chi connectivity index (χ3v) is 3.26. The van der Waals surface area contributed by atoms with Crippen molar-refractivity contribution in [1.29, 1.82) is 0 Å². The fourth-order valence-corrected chi connectivity index (χ4v) is 2.17. The summed E-state index contributed by atoms with van der Waals surface area (Å²) in [5, 5.41) is 8.25. The summed E-state index contributed by atoms with van der Waals surface area (Å²) in [6.45, 7) is 4.72. The molecule has 0 aliphatic carbocycles. The van der Waals surface area contributed by atoms with Gasteiger partial charge in [0.25, 0.3) is 0 Å². The Kier molecular flexibility index (Phi) is 4.07. The summed E-state index contributed by atoms with van der Waals surface area (Å²) in [5.74, 6) is 0.384. The van der Waals surface area contributed by atoms with Crippen LogP contribution in [0.1, 0.15) is 33.1 Å². The molecule has 1 aromatic carbocycles. The monoisotopic (exact) mass is 245 g/mol. The molecule has 0 radical (unpaired) electrons. The zero-order chi connectivity index (χ0) is 13.0. The maximum Gasteiger partial charge on any atom is 0.137 e. The summed E-state index contributed by atoms with van der Waals surface area (Å²) in [6.07, 6.45) is 2.42. The van der Waals surface area contributed by atoms with Crippen LogP contribution in [0.3, 0.4) is 0 Å². The van der Waals surface area contributed by atoms with Gasteiger partial charge >= 0.3 is 0 Å². The lowest BCUT2D eigenvalue weighted by Gasteiger charge is -2.13. The molecule has 0 N–H and O–H groups in total. The second-order valence-corrected chi connectivity index (χ2v) is 4.58. The highest BCUT2D eigenvalue weighted by atomic mass is 16.1. The number of Topliss-reactive ketones (excluding diaryl/α,β-unsaturated/α-hetero) is 1. The molecule has 4 nitrogen and oxygen atoms in total. The number of hydrogen-bond acceptors (Lipinski definition) is 3. The van der Waals surface area contributed by atoms with E-state index >= 15 is 0 Å². The predicted molar refractivity (Wildman–Crippen MR) is 71.2 cm³/mol. The van der Waals surface area contributed by atoms with Crippen molar-refractivity contribution in [3.05, 3.63) is 24.3 Å². The Morgan fingerprint density at radius 3 is 2.83 bits per heavy atom. The first-order valence-electron chi connectivity index (χ1n) is 6.57. The van der Waals surface area contributed by atoms with E-state index in [4.69, 9.17) is 0 Å². The molecule has 0 fully saturated rings. The number of ketones is 1. The fourth-order valence-electron chi connectivity index (χ4n) is 2.17. The Labute approximate surface area is 107 Å². The van der Waals surface area contributed by atoms with Crippen LogP contribution in [0, 0.1) is 5.92 Å². The molecule has 1 aromatic heterocycles. The van der Waals surface area contributed by atoms with Crippen LogP contribution in [0.4, 0.5) is 0 Å². The highest BCUT2D eigenvalue weighted by molar-refractivity contribution is 5.81. The van der Waals surface area contributed by atoms with Crippen LogP contribution < -0.4 is 0 Å². The number of carbonyl (C=O) groups excluding carboxylic acids is 1. The van der Waals surface area contributed by atoms with Gasteiger partial charge in [-0.25, -0.2) is 4.68 Å². The number of para-hydroxylation sites is 1. The Morgan fingerprint density at radius 1 is 1.33 bits per heavy atom. The Morgan fingerprint density at radius 2 is 2.11 bits per heavy atom. The number of nitrogens with zero attached hydrogens (tertiary/aromatic N) is 3. The molecule has 0 aliphatic rings. The third kappa shape index (κ3) is 2.58. The Balaban J connectivity index is 2.19. The number of fused-ring (bicyclic) bond motifs is 1. The Bertz CT molecular complexity index is 533. The molecule has 18 heavy (non-hydrogen) atoms. The summed E-state index contributed by atoms with van der Waals surface area (Å²) < 4.78 is 1.84. The molecule has 96 valence electrons. The van der Waals surface area contributed by atoms with Crippen LogP contribution in [-0.2, 0) is 11.3 Å². The lowest BCUT2D eigenvalue weighted by Crippen LogP contribution is -2.20. The molecule has 0 spiro atoms. The number of rotatable bonds is 6. The van der Waals surface area contributed by atoms with E-state index in [2.05, 4.69) is 17.2 Å². The zero-order valence-electron chi connectivity index (χ0n) is 11.0. The molecule has 4 heteroatoms. The lowest BCUT2D eigenvalue weighted by atomic mass is 9.98. The molecule has 0 amide bonds. The van der Waals surface area contributed by atoms with Crippen LogP contribution in [-0.4, -0.2) is 20.8 Å². The second-order valence-electron chi connectivity index (χ2n) is 4.58. The summed E-state index contributed by atoms with van der Waals surface area (Å²) in [4.78, 5) is 12.0. The molecule has 1 unspecified atom stereocenters. The zero-order valence-corrected chi connectivity index (χ0v) is 11.0. The summed E-state index contributed by atoms with van der Waals surface area (Å²) in [5.41, 5.74) is 1.88. The van der Waals surface area contributed by atoms with Gasteiger partial charge < -0.3 is 0 Å². The average Bonchev–Trinajstić information content (AvgIpc) is 2.79. The highest BCUT2D eigenvalue weighted by Gasteiger charge is 2.17. The van der Waals surface area contributed by atoms with Gasteiger partial charge in [0.1, 0.15) is 11.3 Å². The van der Waals surface area contributed by atoms with E-state index in [1.165, 1.54) is 0 Å². The number of aromatic nitrogens is 3. The van der Waals surface area contributed by atoms with E-state index in [1.54, 1.807) is 0 Å². The van der Waals surface area contributed by atoms with E-state index in [9.17, 15) is 4.79 Å². The molecule has 1 atom stereocenters. The van der Waals surface area contributed by atoms with Gasteiger partial charge in [-0.3, -0.25) is 4.79 Å². The van der Waals surface area contributed by atoms with Crippen molar-refractivity contribution in [3.8, 4) is 0 Å². The van der Waals surface area contributed by atoms with Crippen LogP contribution in [0.5, 0.6) is 0 Å². The average molecular weight is 245 g/mol. The van der Waals surface area contributed by atoms with Crippen molar-refractivity contribution in [3.63, 3.8) is 0 Å². The van der Waals surface area contributed by atoms with E-state index < -0.39 is 0 Å². The van der Waals surface area contributed by atoms with Gasteiger partial charge in [0.2, 0.25) is 0 Å². The topological polar surface area (TPSA) is 47.8 Å². The maximum absolute atomic E-state index is 12.0. The van der Waals surface area contributed by atoms with Crippen molar-refractivity contribution in [2.45, 2.75) is 39.7 Å². The van der Waals surface area contributed by atoms with Crippen molar-refractivity contribution in [2.75, 3.05) is 0 Å². The van der Waals surface area contributed by atoms with Gasteiger partial charge in [-0.1, -0.05) is 31.2 Å². The first-order valence-corrected chi connectivity index (χ1v) is 6.57. The van der Waals surface area contributed by atoms with Gasteiger partial charge in [0.15, 0.2) is 0 Å². The minimum absolute atomic E-state index is 0.0510. The summed E-state index contributed by atoms with van der Waals surface area (Å²) >= 11 is 0. The number of hydrogen-bond donors (Lipinski definition) is 0. The molecule has 0 saturated heterocycles. The van der Waals surface area contributed by atoms with Crippen molar-refractivity contribution < 1.29 is 4.79 Å². The van der Waals surface area contributed by atoms with Gasteiger partial charge in [-0.2, -0.15) is 0 Å². The largest absolute Gasteiger partial charge is 0.299 e. The molecular formula is C14H19N3O. The molecule has 0 bridgehead atoms. The molecule has 0 aliphatic heterocycles. The van der Waals surface area contributed by atoms with Crippen molar-refractivity contribution in [1.82, 2.24) is 15.0 Å². The predicted octanol–water partition coefficient (Wildman–Crippen LogP) is 2.83. The molecule has 2 aromatic rings. The minimum atomic E-state index is 0.0510. The van der Waals surface area contributed by atoms with Crippen LogP contribution in [0.25, 0.3) is 11.0 Å². The van der Waals surface area contributed by atoms with Crippen molar-refractivity contribution >= 4 is 16.8 Å². The fraction of sp³-hybridized carbons (Fsp3) is 0.500. The normalized spacial score (nSPS) is 12.8.